The Balaban J connectivity index is 1.29. The van der Waals surface area contributed by atoms with Gasteiger partial charge in [0.05, 0.1) is 0 Å². The molecule has 2 saturated heterocycles. The van der Waals surface area contributed by atoms with Gasteiger partial charge in [-0.3, -0.25) is 9.59 Å². The molecule has 0 spiro atoms. The van der Waals surface area contributed by atoms with Crippen molar-refractivity contribution in [1.29, 1.82) is 0 Å². The van der Waals surface area contributed by atoms with Gasteiger partial charge in [-0.1, -0.05) is 23.7 Å². The van der Waals surface area contributed by atoms with Gasteiger partial charge in [-0.05, 0) is 67.6 Å². The second kappa shape index (κ2) is 11.4. The number of anilines is 1. The molecule has 2 fully saturated rings. The van der Waals surface area contributed by atoms with Crippen molar-refractivity contribution in [3.05, 3.63) is 64.7 Å². The van der Waals surface area contributed by atoms with Crippen LogP contribution in [0.3, 0.4) is 0 Å². The molecule has 0 aliphatic carbocycles. The highest BCUT2D eigenvalue weighted by Crippen LogP contribution is 2.28. The van der Waals surface area contributed by atoms with Gasteiger partial charge in [0.25, 0.3) is 5.91 Å². The van der Waals surface area contributed by atoms with E-state index in [4.69, 9.17) is 11.6 Å². The summed E-state index contributed by atoms with van der Waals surface area (Å²) in [6.45, 7) is 3.36. The zero-order valence-electron chi connectivity index (χ0n) is 19.3. The predicted octanol–water partition coefficient (Wildman–Crippen LogP) is 4.49. The minimum absolute atomic E-state index is 0.109. The Hall–Kier alpha value is -3.06. The molecular formula is C26H31ClN4O3. The SMILES string of the molecule is O=C(NCCCN1CCCC1=O)c1cccc([C@H]2CCCN(C(=O)Nc3ccc(Cl)cc3)C2)c1. The molecule has 2 aromatic carbocycles. The zero-order chi connectivity index (χ0) is 23.9. The maximum atomic E-state index is 12.8. The lowest BCUT2D eigenvalue weighted by Gasteiger charge is -2.33. The minimum atomic E-state index is -0.127. The van der Waals surface area contributed by atoms with Crippen LogP contribution in [0.2, 0.25) is 5.02 Å². The number of carbonyl (C=O) groups excluding carboxylic acids is 3. The van der Waals surface area contributed by atoms with Gasteiger partial charge in [0.15, 0.2) is 0 Å². The maximum absolute atomic E-state index is 12.8. The van der Waals surface area contributed by atoms with Crippen LogP contribution >= 0.6 is 11.6 Å². The average molecular weight is 483 g/mol. The van der Waals surface area contributed by atoms with Gasteiger partial charge in [0.1, 0.15) is 0 Å². The van der Waals surface area contributed by atoms with E-state index in [9.17, 15) is 14.4 Å². The smallest absolute Gasteiger partial charge is 0.321 e. The molecule has 2 heterocycles. The lowest BCUT2D eigenvalue weighted by atomic mass is 9.89. The molecule has 8 heteroatoms. The molecule has 0 unspecified atom stereocenters. The summed E-state index contributed by atoms with van der Waals surface area (Å²) >= 11 is 5.92. The molecule has 2 aliphatic heterocycles. The van der Waals surface area contributed by atoms with Crippen LogP contribution in [-0.4, -0.2) is 60.4 Å². The van der Waals surface area contributed by atoms with E-state index in [1.807, 2.05) is 34.1 Å². The van der Waals surface area contributed by atoms with Crippen molar-refractivity contribution in [2.24, 2.45) is 0 Å². The Morgan fingerprint density at radius 2 is 1.88 bits per heavy atom. The molecule has 1 atom stereocenters. The third-order valence-corrected chi connectivity index (χ3v) is 6.74. The summed E-state index contributed by atoms with van der Waals surface area (Å²) < 4.78 is 0. The summed E-state index contributed by atoms with van der Waals surface area (Å²) in [6.07, 6.45) is 4.20. The summed E-state index contributed by atoms with van der Waals surface area (Å²) in [5, 5.41) is 6.52. The van der Waals surface area contributed by atoms with E-state index in [2.05, 4.69) is 10.6 Å². The fraction of sp³-hybridized carbons (Fsp3) is 0.423. The number of carbonyl (C=O) groups is 3. The van der Waals surface area contributed by atoms with Crippen molar-refractivity contribution in [2.45, 2.75) is 38.0 Å². The second-order valence-electron chi connectivity index (χ2n) is 8.94. The van der Waals surface area contributed by atoms with Gasteiger partial charge in [-0.15, -0.1) is 0 Å². The first-order chi connectivity index (χ1) is 16.5. The van der Waals surface area contributed by atoms with Gasteiger partial charge >= 0.3 is 6.03 Å². The Labute approximate surface area is 205 Å². The number of benzene rings is 2. The molecule has 2 N–H and O–H groups in total. The lowest BCUT2D eigenvalue weighted by Crippen LogP contribution is -2.41. The van der Waals surface area contributed by atoms with E-state index in [0.29, 0.717) is 48.9 Å². The highest BCUT2D eigenvalue weighted by Gasteiger charge is 2.25. The van der Waals surface area contributed by atoms with Crippen LogP contribution in [-0.2, 0) is 4.79 Å². The van der Waals surface area contributed by atoms with Crippen molar-refractivity contribution in [2.75, 3.05) is 38.0 Å². The number of halogens is 1. The van der Waals surface area contributed by atoms with E-state index >= 15 is 0 Å². The molecule has 2 aromatic rings. The third-order valence-electron chi connectivity index (χ3n) is 6.49. The predicted molar refractivity (Wildman–Crippen MR) is 133 cm³/mol. The summed E-state index contributed by atoms with van der Waals surface area (Å²) in [5.74, 6) is 0.281. The van der Waals surface area contributed by atoms with E-state index in [-0.39, 0.29) is 23.8 Å². The molecule has 4 rings (SSSR count). The number of nitrogens with one attached hydrogen (secondary N) is 2. The van der Waals surface area contributed by atoms with Crippen molar-refractivity contribution in [3.8, 4) is 0 Å². The molecule has 7 nitrogen and oxygen atoms in total. The number of amides is 4. The standard InChI is InChI=1S/C26H31ClN4O3/c27-22-9-11-23(12-10-22)29-26(34)31-15-2-7-21(18-31)19-5-1-6-20(17-19)25(33)28-13-4-16-30-14-3-8-24(30)32/h1,5-6,9-12,17,21H,2-4,7-8,13-16,18H2,(H,28,33)(H,29,34)/t21-/m0/s1. The van der Waals surface area contributed by atoms with Crippen molar-refractivity contribution >= 4 is 35.1 Å². The first-order valence-electron chi connectivity index (χ1n) is 12.0. The monoisotopic (exact) mass is 482 g/mol. The fourth-order valence-corrected chi connectivity index (χ4v) is 4.74. The summed E-state index contributed by atoms with van der Waals surface area (Å²) in [5.41, 5.74) is 2.40. The fourth-order valence-electron chi connectivity index (χ4n) is 4.62. The van der Waals surface area contributed by atoms with Crippen LogP contribution in [0.15, 0.2) is 48.5 Å². The van der Waals surface area contributed by atoms with Crippen LogP contribution in [0.1, 0.15) is 53.9 Å². The zero-order valence-corrected chi connectivity index (χ0v) is 20.0. The topological polar surface area (TPSA) is 81.8 Å². The Kier molecular flexibility index (Phi) is 8.06. The molecule has 180 valence electrons. The maximum Gasteiger partial charge on any atom is 0.321 e. The first-order valence-corrected chi connectivity index (χ1v) is 12.3. The summed E-state index contributed by atoms with van der Waals surface area (Å²) in [7, 11) is 0. The van der Waals surface area contributed by atoms with Crippen molar-refractivity contribution in [3.63, 3.8) is 0 Å². The van der Waals surface area contributed by atoms with Gasteiger partial charge in [-0.25, -0.2) is 4.79 Å². The lowest BCUT2D eigenvalue weighted by molar-refractivity contribution is -0.127. The highest BCUT2D eigenvalue weighted by molar-refractivity contribution is 6.30. The molecule has 0 saturated carbocycles. The van der Waals surface area contributed by atoms with Crippen molar-refractivity contribution in [1.82, 2.24) is 15.1 Å². The normalized spacial score (nSPS) is 18.1. The number of nitrogens with zero attached hydrogens (tertiary/aromatic N) is 2. The number of piperidine rings is 1. The Bertz CT molecular complexity index is 1030. The number of hydrogen-bond acceptors (Lipinski definition) is 3. The average Bonchev–Trinajstić information content (AvgIpc) is 3.27. The molecule has 0 bridgehead atoms. The first kappa shape index (κ1) is 24.1. The van der Waals surface area contributed by atoms with Gasteiger partial charge < -0.3 is 20.4 Å². The van der Waals surface area contributed by atoms with Crippen LogP contribution in [0, 0.1) is 0 Å². The minimum Gasteiger partial charge on any atom is -0.352 e. The summed E-state index contributed by atoms with van der Waals surface area (Å²) in [6, 6.07) is 14.6. The van der Waals surface area contributed by atoms with E-state index in [1.165, 1.54) is 0 Å². The van der Waals surface area contributed by atoms with Crippen LogP contribution in [0.4, 0.5) is 10.5 Å². The van der Waals surface area contributed by atoms with Gasteiger partial charge in [0.2, 0.25) is 5.91 Å². The highest BCUT2D eigenvalue weighted by atomic mass is 35.5. The van der Waals surface area contributed by atoms with Crippen LogP contribution in [0.25, 0.3) is 0 Å². The van der Waals surface area contributed by atoms with Gasteiger partial charge in [-0.2, -0.15) is 0 Å². The van der Waals surface area contributed by atoms with E-state index in [1.54, 1.807) is 24.3 Å². The largest absolute Gasteiger partial charge is 0.352 e. The second-order valence-corrected chi connectivity index (χ2v) is 9.38. The summed E-state index contributed by atoms with van der Waals surface area (Å²) in [4.78, 5) is 40.8. The molecule has 0 radical (unpaired) electrons. The van der Waals surface area contributed by atoms with Crippen molar-refractivity contribution < 1.29 is 14.4 Å². The van der Waals surface area contributed by atoms with E-state index in [0.717, 1.165) is 37.8 Å². The van der Waals surface area contributed by atoms with Crippen LogP contribution < -0.4 is 10.6 Å². The molecule has 4 amide bonds. The number of urea groups is 1. The Morgan fingerprint density at radius 1 is 1.06 bits per heavy atom. The number of rotatable bonds is 7. The number of likely N-dealkylation sites (tertiary alicyclic amines) is 2. The van der Waals surface area contributed by atoms with E-state index < -0.39 is 0 Å². The van der Waals surface area contributed by atoms with Gasteiger partial charge in [0, 0.05) is 61.3 Å². The molecule has 34 heavy (non-hydrogen) atoms. The third kappa shape index (κ3) is 6.29. The number of hydrogen-bond donors (Lipinski definition) is 2. The molecular weight excluding hydrogens is 452 g/mol. The molecule has 0 aromatic heterocycles. The quantitative estimate of drug-likeness (QED) is 0.570. The Morgan fingerprint density at radius 3 is 2.65 bits per heavy atom. The van der Waals surface area contributed by atoms with Crippen LogP contribution in [0.5, 0.6) is 0 Å². The molecule has 2 aliphatic rings.